The molecule has 16 aromatic rings. The largest absolute Gasteiger partial charge is 0.444 e. The lowest BCUT2D eigenvalue weighted by molar-refractivity contribution is -0.120. The molecule has 0 spiro atoms. The minimum absolute atomic E-state index is 0. The number of nitriles is 1. The lowest BCUT2D eigenvalue weighted by Gasteiger charge is -2.26. The highest BCUT2D eigenvalue weighted by Gasteiger charge is 2.36. The first-order valence-electron chi connectivity index (χ1n) is 48.9. The molecule has 5 aromatic carbocycles. The highest BCUT2D eigenvalue weighted by molar-refractivity contribution is 7.25. The summed E-state index contributed by atoms with van der Waals surface area (Å²) in [5.74, 6) is 0.107. The first kappa shape index (κ1) is 115. The van der Waals surface area contributed by atoms with Gasteiger partial charge in [-0.1, -0.05) is 60.7 Å². The maximum Gasteiger partial charge on any atom is 0.407 e. The molecule has 0 radical (unpaired) electrons. The molecule has 40 heteroatoms. The van der Waals surface area contributed by atoms with Crippen LogP contribution in [0.2, 0.25) is 0 Å². The lowest BCUT2D eigenvalue weighted by atomic mass is 9.91. The lowest BCUT2D eigenvalue weighted by Crippen LogP contribution is -2.41. The van der Waals surface area contributed by atoms with Crippen LogP contribution in [0.15, 0.2) is 170 Å². The number of hydrogen-bond donors (Lipinski definition) is 9. The van der Waals surface area contributed by atoms with Crippen LogP contribution in [-0.2, 0) is 103 Å². The number of halogens is 2. The van der Waals surface area contributed by atoms with Gasteiger partial charge >= 0.3 is 18.3 Å². The van der Waals surface area contributed by atoms with Crippen LogP contribution in [0, 0.1) is 11.3 Å². The number of thiophene rings is 4. The fourth-order valence-corrected chi connectivity index (χ4v) is 27.8. The number of rotatable bonds is 15. The molecule has 5 aliphatic rings. The molecule has 4 atom stereocenters. The number of benzene rings is 5. The van der Waals surface area contributed by atoms with E-state index in [4.69, 9.17) is 50.9 Å². The summed E-state index contributed by atoms with van der Waals surface area (Å²) in [6.45, 7) is 23.4. The second-order valence-corrected chi connectivity index (χ2v) is 49.2. The smallest absolute Gasteiger partial charge is 0.407 e. The minimum Gasteiger partial charge on any atom is -0.444 e. The van der Waals surface area contributed by atoms with Crippen molar-refractivity contribution in [2.75, 3.05) is 21.7 Å². The number of carbonyl (C=O) groups excluding carboxylic acids is 9. The van der Waals surface area contributed by atoms with Gasteiger partial charge in [-0.3, -0.25) is 38.7 Å². The van der Waals surface area contributed by atoms with Gasteiger partial charge in [-0.05, 0) is 264 Å². The molecule has 4 unspecified atom stereocenters. The number of anilines is 4. The number of aromatic nitrogens is 7. The average Bonchev–Trinajstić information content (AvgIpc) is 1.62. The molecular weight excluding hydrogens is 2110 g/mol. The molecule has 0 aliphatic heterocycles. The van der Waals surface area contributed by atoms with Crippen LogP contribution in [0.5, 0.6) is 0 Å². The first-order chi connectivity index (χ1) is 71.2. The summed E-state index contributed by atoms with van der Waals surface area (Å²) in [6, 6.07) is 50.8. The third-order valence-corrected chi connectivity index (χ3v) is 33.3. The number of amides is 6. The van der Waals surface area contributed by atoms with Crippen molar-refractivity contribution in [3.05, 3.63) is 228 Å². The van der Waals surface area contributed by atoms with Crippen molar-refractivity contribution in [3.8, 4) is 48.4 Å². The highest BCUT2D eigenvalue weighted by Crippen LogP contribution is 2.51. The fraction of sp³-hybridized carbons (Fsp3) is 0.355. The van der Waals surface area contributed by atoms with Crippen LogP contribution in [0.3, 0.4) is 0 Å². The van der Waals surface area contributed by atoms with Gasteiger partial charge in [0.25, 0.3) is 0 Å². The van der Waals surface area contributed by atoms with Gasteiger partial charge in [-0.25, -0.2) is 39.3 Å². The molecule has 1 saturated carbocycles. The predicted octanol–water partition coefficient (Wildman–Crippen LogP) is 25.7. The summed E-state index contributed by atoms with van der Waals surface area (Å²) >= 11 is 19.5. The quantitative estimate of drug-likeness (QED) is 0.0261. The summed E-state index contributed by atoms with van der Waals surface area (Å²) in [6.07, 6.45) is 20.3. The third kappa shape index (κ3) is 32.9. The molecule has 786 valence electrons. The number of nitrogens with one attached hydrogen (secondary N) is 7. The van der Waals surface area contributed by atoms with E-state index < -0.39 is 16.8 Å². The fourth-order valence-electron chi connectivity index (χ4n) is 17.2. The summed E-state index contributed by atoms with van der Waals surface area (Å²) in [5.41, 5.74) is 27.5. The Morgan fingerprint density at radius 3 is 1.09 bits per heavy atom. The molecule has 29 nitrogen and oxygen atoms in total. The summed E-state index contributed by atoms with van der Waals surface area (Å²) < 4.78 is 21.7. The van der Waals surface area contributed by atoms with E-state index in [-0.39, 0.29) is 83.6 Å². The van der Waals surface area contributed by atoms with Gasteiger partial charge < -0.3 is 62.9 Å². The number of thiazole rings is 5. The van der Waals surface area contributed by atoms with Crippen LogP contribution in [0.1, 0.15) is 204 Å². The van der Waals surface area contributed by atoms with Crippen LogP contribution in [0.4, 0.5) is 34.4 Å². The number of para-hydroxylation sites is 5. The zero-order valence-electron chi connectivity index (χ0n) is 85.4. The molecular formula is C110H121Cl2N17O12S9. The Kier molecular flexibility index (Phi) is 40.6. The molecule has 11 heterocycles. The van der Waals surface area contributed by atoms with Gasteiger partial charge in [0.2, 0.25) is 23.0 Å². The number of Topliss-reactive ketones (excluding diaryl/α,β-unsaturated/α-hetero) is 1. The molecule has 1 fully saturated rings. The van der Waals surface area contributed by atoms with Gasteiger partial charge in [-0.15, -0.1) is 114 Å². The number of pyridine rings is 2. The Morgan fingerprint density at radius 2 is 0.733 bits per heavy atom. The number of alkyl carbamates (subject to hydrolysis) is 3. The van der Waals surface area contributed by atoms with E-state index in [0.717, 1.165) is 207 Å². The van der Waals surface area contributed by atoms with Crippen LogP contribution in [0.25, 0.3) is 93.4 Å². The first-order valence-corrected chi connectivity index (χ1v) is 56.6. The number of ketones is 1. The monoisotopic (exact) mass is 2230 g/mol. The van der Waals surface area contributed by atoms with Crippen molar-refractivity contribution >= 4 is 250 Å². The van der Waals surface area contributed by atoms with Crippen LogP contribution in [-0.4, -0.2) is 135 Å². The van der Waals surface area contributed by atoms with Crippen molar-refractivity contribution in [2.24, 2.45) is 5.73 Å². The Morgan fingerprint density at radius 1 is 0.420 bits per heavy atom. The number of nitrogens with zero attached hydrogens (tertiary/aromatic N) is 8. The molecule has 6 amide bonds. The van der Waals surface area contributed by atoms with E-state index in [1.54, 1.807) is 140 Å². The maximum atomic E-state index is 12.2. The second kappa shape index (κ2) is 53.1. The minimum atomic E-state index is -0.522. The maximum absolute atomic E-state index is 12.2. The topological polar surface area (TPSA) is 432 Å². The van der Waals surface area contributed by atoms with Gasteiger partial charge in [0.05, 0.1) is 68.6 Å². The van der Waals surface area contributed by atoms with Gasteiger partial charge in [0, 0.05) is 162 Å². The normalized spacial score (nSPS) is 15.4. The third-order valence-electron chi connectivity index (χ3n) is 23.5. The number of hydrogen-bond acceptors (Lipinski definition) is 32. The van der Waals surface area contributed by atoms with E-state index in [0.29, 0.717) is 30.9 Å². The van der Waals surface area contributed by atoms with E-state index in [1.807, 2.05) is 184 Å². The second-order valence-electron chi connectivity index (χ2n) is 38.9. The number of aldehydes is 1. The van der Waals surface area contributed by atoms with Crippen molar-refractivity contribution in [1.82, 2.24) is 56.2 Å². The number of ether oxygens (including phenoxy) is 3. The van der Waals surface area contributed by atoms with Crippen molar-refractivity contribution in [3.63, 3.8) is 0 Å². The van der Waals surface area contributed by atoms with E-state index in [9.17, 15) is 43.2 Å². The SMILES string of the molecule is CC(=O)Cl.CC(=O)Nc1sc2c(c1-c1nc3ccccc3s1)CCC(N)C2.CC(=O)Nc1sc2c(c1-c1nc3ccccc3s1)CCC(NC(=O)OC(C)(C)C)C2.CC(=O)Nc1sc2c(c1-c1nc3ccccc3s1)CCC(NCc1ccncc1)C2.CC(C)(C)OC(=O)NC1CCC(=O)CC1.CC(C)(C)OC(=O)NC1CCc2c(sc(N)c2-c2nc3ccccc3s2)C1.Cl.N#CCc1nc2ccccc2s1.O=Cc1ccncc1. The molecule has 11 aromatic heterocycles. The molecule has 11 N–H and O–H groups in total. The molecule has 0 saturated heterocycles. The Hall–Kier alpha value is -12.3. The zero-order valence-corrected chi connectivity index (χ0v) is 94.4. The molecule has 0 bridgehead atoms. The highest BCUT2D eigenvalue weighted by atomic mass is 35.5. The van der Waals surface area contributed by atoms with Crippen molar-refractivity contribution in [2.45, 2.75) is 253 Å². The van der Waals surface area contributed by atoms with Gasteiger partial charge in [0.1, 0.15) is 68.9 Å². The molecule has 150 heavy (non-hydrogen) atoms. The number of fused-ring (bicyclic) bond motifs is 9. The predicted molar refractivity (Wildman–Crippen MR) is 615 cm³/mol. The Labute approximate surface area is 918 Å². The number of nitrogens with two attached hydrogens (primary N) is 2. The van der Waals surface area contributed by atoms with Gasteiger partial charge in [0.15, 0.2) is 0 Å². The van der Waals surface area contributed by atoms with Crippen LogP contribution < -0.4 is 48.7 Å². The Bertz CT molecular complexity index is 7310. The van der Waals surface area contributed by atoms with Crippen molar-refractivity contribution in [1.29, 1.82) is 5.26 Å². The van der Waals surface area contributed by atoms with E-state index >= 15 is 0 Å². The Balaban J connectivity index is 0.000000149. The standard InChI is InChI=1S/C23H22N4OS2.C22H25N3O3S2.C20H23N3O2S2.C17H17N3OS2.C11H19NO3.C9H6N2S.C6H5NO.C2H3ClO.ClH/c1-14(28)26-22-21(23-27-18-4-2-3-5-19(18)29-23)17-7-6-16(12-20(17)30-22)25-13-15-8-10-24-11-9-15;1-12(26)23-19-18(20-25-15-7-5-6-8-16(15)29-20)14-10-9-13(11-17(14)30-19)24-21(27)28-22(2,3)4;1-20(2,3)25-19(24)22-11-8-9-12-15(10-11)26-17(21)16(12)18-23-13-6-4-5-7-14(13)27-18;1-9(21)19-16-15(11-7-6-10(18)8-14(11)23-16)17-20-12-4-2-3-5-13(12)22-17;1-11(2,3)15-10(14)12-8-4-6-9(13)7-5-8;10-6-5-9-11-7-3-1-2-4-8(7)12-9;8-5-6-1-3-7-4-2-6;1-2(3)4;/h2-5,8-11,16,25H,6-7,12-13H2,1H3,(H,26,28);5-8,13H,9-11H2,1-4H3,(H,23,26)(H,24,27);4-7,11H,8-10,21H2,1-3H3,(H,22,24);2-5,10H,6-8,18H2,1H3,(H,19,21);8H,4-7H2,1-3H3,(H,12,14);1-4H,5H2;1-5H;1H3;1H. The van der Waals surface area contributed by atoms with Gasteiger partial charge in [-0.2, -0.15) is 5.26 Å². The van der Waals surface area contributed by atoms with Crippen LogP contribution >= 0.6 is 126 Å². The summed E-state index contributed by atoms with van der Waals surface area (Å²) in [7, 11) is 0. The number of nitrogen functional groups attached to an aromatic ring is 1. The molecule has 21 rings (SSSR count). The summed E-state index contributed by atoms with van der Waals surface area (Å²) in [5, 5.41) is 37.9. The number of carbonyl (C=O) groups is 9. The van der Waals surface area contributed by atoms with Crippen molar-refractivity contribution < 1.29 is 57.4 Å². The van der Waals surface area contributed by atoms with E-state index in [2.05, 4.69) is 94.1 Å². The van der Waals surface area contributed by atoms with E-state index in [1.165, 1.54) is 75.3 Å². The summed E-state index contributed by atoms with van der Waals surface area (Å²) in [4.78, 5) is 138. The average molecular weight is 2230 g/mol. The molecule has 5 aliphatic carbocycles. The zero-order chi connectivity index (χ0) is 106.